The summed E-state index contributed by atoms with van der Waals surface area (Å²) in [7, 11) is 1.63. The number of pyridine rings is 1. The van der Waals surface area contributed by atoms with Crippen molar-refractivity contribution in [1.29, 1.82) is 0 Å². The van der Waals surface area contributed by atoms with Crippen LogP contribution >= 0.6 is 11.8 Å². The van der Waals surface area contributed by atoms with Crippen molar-refractivity contribution in [3.63, 3.8) is 0 Å². The molecular formula is C21H21N3O3S. The second-order valence-corrected chi connectivity index (χ2v) is 7.26. The Balaban J connectivity index is 1.68. The molecule has 1 heterocycles. The van der Waals surface area contributed by atoms with Gasteiger partial charge in [-0.1, -0.05) is 0 Å². The second kappa shape index (κ2) is 8.75. The van der Waals surface area contributed by atoms with E-state index in [1.54, 1.807) is 31.4 Å². The zero-order valence-corrected chi connectivity index (χ0v) is 16.7. The minimum atomic E-state index is -0.135. The van der Waals surface area contributed by atoms with Gasteiger partial charge in [-0.3, -0.25) is 14.6 Å². The maximum absolute atomic E-state index is 12.4. The second-order valence-electron chi connectivity index (χ2n) is 6.24. The highest BCUT2D eigenvalue weighted by Crippen LogP contribution is 2.30. The fourth-order valence-electron chi connectivity index (χ4n) is 2.73. The molecule has 144 valence electrons. The van der Waals surface area contributed by atoms with E-state index in [0.29, 0.717) is 11.4 Å². The zero-order chi connectivity index (χ0) is 20.1. The minimum absolute atomic E-state index is 0.109. The molecule has 0 saturated carbocycles. The minimum Gasteiger partial charge on any atom is -0.497 e. The number of ether oxygens (including phenoxy) is 1. The predicted octanol–water partition coefficient (Wildman–Crippen LogP) is 4.24. The van der Waals surface area contributed by atoms with Crippen LogP contribution in [0.1, 0.15) is 12.6 Å². The summed E-state index contributed by atoms with van der Waals surface area (Å²) in [5.74, 6) is 0.777. The summed E-state index contributed by atoms with van der Waals surface area (Å²) in [5, 5.41) is 6.52. The molecule has 0 spiro atoms. The van der Waals surface area contributed by atoms with Gasteiger partial charge in [-0.15, -0.1) is 11.8 Å². The molecule has 0 aliphatic heterocycles. The summed E-state index contributed by atoms with van der Waals surface area (Å²) in [6, 6.07) is 14.7. The van der Waals surface area contributed by atoms with Gasteiger partial charge in [0.15, 0.2) is 0 Å². The van der Waals surface area contributed by atoms with E-state index in [0.717, 1.165) is 27.2 Å². The molecule has 6 nitrogen and oxygen atoms in total. The van der Waals surface area contributed by atoms with Gasteiger partial charge in [-0.05, 0) is 55.5 Å². The van der Waals surface area contributed by atoms with Crippen LogP contribution in [-0.4, -0.2) is 29.7 Å². The van der Waals surface area contributed by atoms with Crippen molar-refractivity contribution in [3.8, 4) is 5.75 Å². The third kappa shape index (κ3) is 5.01. The monoisotopic (exact) mass is 395 g/mol. The number of fused-ring (bicyclic) bond motifs is 1. The molecule has 2 amide bonds. The number of hydrogen-bond donors (Lipinski definition) is 2. The number of carbonyl (C=O) groups is 2. The summed E-state index contributed by atoms with van der Waals surface area (Å²) in [5.41, 5.74) is 3.14. The number of hydrogen-bond acceptors (Lipinski definition) is 5. The Morgan fingerprint density at radius 3 is 2.36 bits per heavy atom. The van der Waals surface area contributed by atoms with Crippen LogP contribution in [0.5, 0.6) is 5.75 Å². The molecule has 0 radical (unpaired) electrons. The SMILES string of the molecule is COc1ccc2nc(C)cc(SCC(=O)Nc3ccc(NC(C)=O)cc3)c2c1. The van der Waals surface area contributed by atoms with Crippen molar-refractivity contribution in [3.05, 3.63) is 54.2 Å². The maximum Gasteiger partial charge on any atom is 0.234 e. The quantitative estimate of drug-likeness (QED) is 0.610. The third-order valence-electron chi connectivity index (χ3n) is 3.95. The number of nitrogens with zero attached hydrogens (tertiary/aromatic N) is 1. The first-order valence-electron chi connectivity index (χ1n) is 8.70. The van der Waals surface area contributed by atoms with Crippen molar-refractivity contribution in [2.75, 3.05) is 23.5 Å². The highest BCUT2D eigenvalue weighted by atomic mass is 32.2. The molecular weight excluding hydrogens is 374 g/mol. The van der Waals surface area contributed by atoms with E-state index in [2.05, 4.69) is 15.6 Å². The largest absolute Gasteiger partial charge is 0.497 e. The van der Waals surface area contributed by atoms with Crippen LogP contribution in [0.4, 0.5) is 11.4 Å². The molecule has 7 heteroatoms. The number of anilines is 2. The number of amides is 2. The number of thioether (sulfide) groups is 1. The molecule has 3 rings (SSSR count). The van der Waals surface area contributed by atoms with Gasteiger partial charge < -0.3 is 15.4 Å². The normalized spacial score (nSPS) is 10.5. The van der Waals surface area contributed by atoms with Crippen LogP contribution in [-0.2, 0) is 9.59 Å². The zero-order valence-electron chi connectivity index (χ0n) is 15.9. The Kier molecular flexibility index (Phi) is 6.16. The van der Waals surface area contributed by atoms with Crippen LogP contribution in [0, 0.1) is 6.92 Å². The van der Waals surface area contributed by atoms with Crippen LogP contribution < -0.4 is 15.4 Å². The van der Waals surface area contributed by atoms with Gasteiger partial charge in [-0.2, -0.15) is 0 Å². The maximum atomic E-state index is 12.4. The predicted molar refractivity (Wildman–Crippen MR) is 113 cm³/mol. The number of carbonyl (C=O) groups excluding carboxylic acids is 2. The topological polar surface area (TPSA) is 80.3 Å². The molecule has 28 heavy (non-hydrogen) atoms. The van der Waals surface area contributed by atoms with Crippen LogP contribution in [0.15, 0.2) is 53.4 Å². The summed E-state index contributed by atoms with van der Waals surface area (Å²) in [4.78, 5) is 28.9. The van der Waals surface area contributed by atoms with E-state index in [1.807, 2.05) is 31.2 Å². The molecule has 0 aliphatic rings. The standard InChI is InChI=1S/C21H21N3O3S/c1-13-10-20(18-11-17(27-3)8-9-19(18)22-13)28-12-21(26)24-16-6-4-15(5-7-16)23-14(2)25/h4-11H,12H2,1-3H3,(H,23,25)(H,24,26). The van der Waals surface area contributed by atoms with E-state index < -0.39 is 0 Å². The first-order chi connectivity index (χ1) is 13.4. The van der Waals surface area contributed by atoms with Gasteiger partial charge in [0, 0.05) is 34.3 Å². The lowest BCUT2D eigenvalue weighted by molar-refractivity contribution is -0.114. The average molecular weight is 395 g/mol. The lowest BCUT2D eigenvalue weighted by Gasteiger charge is -2.10. The van der Waals surface area contributed by atoms with Gasteiger partial charge in [-0.25, -0.2) is 0 Å². The number of methoxy groups -OCH3 is 1. The lowest BCUT2D eigenvalue weighted by Crippen LogP contribution is -2.14. The number of aromatic nitrogens is 1. The fourth-order valence-corrected chi connectivity index (χ4v) is 3.66. The number of benzene rings is 2. The molecule has 3 aromatic rings. The van der Waals surface area contributed by atoms with Crippen LogP contribution in [0.3, 0.4) is 0 Å². The molecule has 0 unspecified atom stereocenters. The Morgan fingerprint density at radius 2 is 1.71 bits per heavy atom. The Morgan fingerprint density at radius 1 is 1.04 bits per heavy atom. The van der Waals surface area contributed by atoms with Crippen LogP contribution in [0.2, 0.25) is 0 Å². The Labute approximate surface area is 167 Å². The smallest absolute Gasteiger partial charge is 0.234 e. The summed E-state index contributed by atoms with van der Waals surface area (Å²) >= 11 is 1.46. The first-order valence-corrected chi connectivity index (χ1v) is 9.69. The highest BCUT2D eigenvalue weighted by molar-refractivity contribution is 8.00. The first kappa shape index (κ1) is 19.7. The van der Waals surface area contributed by atoms with Gasteiger partial charge in [0.05, 0.1) is 18.4 Å². The number of rotatable bonds is 6. The molecule has 0 saturated heterocycles. The van der Waals surface area contributed by atoms with Crippen molar-refractivity contribution in [2.24, 2.45) is 0 Å². The Bertz CT molecular complexity index is 1020. The molecule has 2 aromatic carbocycles. The summed E-state index contributed by atoms with van der Waals surface area (Å²) in [6.07, 6.45) is 0. The van der Waals surface area contributed by atoms with Gasteiger partial charge >= 0.3 is 0 Å². The van der Waals surface area contributed by atoms with E-state index in [9.17, 15) is 9.59 Å². The summed E-state index contributed by atoms with van der Waals surface area (Å²) in [6.45, 7) is 3.39. The van der Waals surface area contributed by atoms with E-state index in [4.69, 9.17) is 4.74 Å². The van der Waals surface area contributed by atoms with Crippen molar-refractivity contribution in [2.45, 2.75) is 18.7 Å². The van der Waals surface area contributed by atoms with Crippen molar-refractivity contribution in [1.82, 2.24) is 4.98 Å². The molecule has 0 aliphatic carbocycles. The highest BCUT2D eigenvalue weighted by Gasteiger charge is 2.10. The molecule has 1 aromatic heterocycles. The molecule has 0 fully saturated rings. The summed E-state index contributed by atoms with van der Waals surface area (Å²) < 4.78 is 5.30. The fraction of sp³-hybridized carbons (Fsp3) is 0.190. The average Bonchev–Trinajstić information content (AvgIpc) is 2.67. The van der Waals surface area contributed by atoms with Gasteiger partial charge in [0.25, 0.3) is 0 Å². The molecule has 0 atom stereocenters. The lowest BCUT2D eigenvalue weighted by atomic mass is 10.2. The third-order valence-corrected chi connectivity index (χ3v) is 5.01. The molecule has 2 N–H and O–H groups in total. The Hall–Kier alpha value is -3.06. The molecule has 0 bridgehead atoms. The van der Waals surface area contributed by atoms with E-state index in [1.165, 1.54) is 18.7 Å². The number of nitrogens with one attached hydrogen (secondary N) is 2. The van der Waals surface area contributed by atoms with Gasteiger partial charge in [0.2, 0.25) is 11.8 Å². The van der Waals surface area contributed by atoms with E-state index >= 15 is 0 Å². The number of aryl methyl sites for hydroxylation is 1. The van der Waals surface area contributed by atoms with Crippen molar-refractivity contribution < 1.29 is 14.3 Å². The van der Waals surface area contributed by atoms with Crippen molar-refractivity contribution >= 4 is 45.9 Å². The van der Waals surface area contributed by atoms with Gasteiger partial charge in [0.1, 0.15) is 5.75 Å². The van der Waals surface area contributed by atoms with E-state index in [-0.39, 0.29) is 17.6 Å². The van der Waals surface area contributed by atoms with Crippen LogP contribution in [0.25, 0.3) is 10.9 Å².